The van der Waals surface area contributed by atoms with Crippen molar-refractivity contribution in [2.75, 3.05) is 7.05 Å². The van der Waals surface area contributed by atoms with E-state index in [4.69, 9.17) is 5.11 Å². The van der Waals surface area contributed by atoms with Gasteiger partial charge in [0.1, 0.15) is 5.75 Å². The number of benzene rings is 2. The van der Waals surface area contributed by atoms with Gasteiger partial charge in [-0.3, -0.25) is 4.90 Å². The average Bonchev–Trinajstić information content (AvgIpc) is 2.42. The van der Waals surface area contributed by atoms with Crippen LogP contribution in [-0.2, 0) is 13.1 Å². The highest BCUT2D eigenvalue weighted by molar-refractivity contribution is 5.88. The summed E-state index contributed by atoms with van der Waals surface area (Å²) in [7, 11) is 1.93. The molecule has 0 fully saturated rings. The molecule has 2 aromatic carbocycles. The highest BCUT2D eigenvalue weighted by atomic mass is 16.4. The van der Waals surface area contributed by atoms with E-state index in [1.54, 1.807) is 0 Å². The van der Waals surface area contributed by atoms with Crippen molar-refractivity contribution in [3.8, 4) is 5.75 Å². The van der Waals surface area contributed by atoms with Gasteiger partial charge in [0.05, 0.1) is 5.56 Å². The van der Waals surface area contributed by atoms with Crippen molar-refractivity contribution in [3.05, 3.63) is 65.2 Å². The molecule has 0 spiro atoms. The van der Waals surface area contributed by atoms with E-state index in [1.165, 1.54) is 23.8 Å². The minimum atomic E-state index is -0.989. The molecule has 0 heterocycles. The number of carbonyl (C=O) groups is 1. The Kier molecular flexibility index (Phi) is 4.38. The van der Waals surface area contributed by atoms with Gasteiger partial charge in [0, 0.05) is 18.7 Å². The van der Waals surface area contributed by atoms with Crippen LogP contribution in [0.4, 0.5) is 0 Å². The van der Waals surface area contributed by atoms with Gasteiger partial charge in [0.2, 0.25) is 0 Å². The molecule has 4 nitrogen and oxygen atoms in total. The van der Waals surface area contributed by atoms with Gasteiger partial charge in [0.25, 0.3) is 0 Å². The van der Waals surface area contributed by atoms with Crippen molar-refractivity contribution < 1.29 is 15.0 Å². The normalized spacial score (nSPS) is 10.7. The maximum Gasteiger partial charge on any atom is 0.335 e. The van der Waals surface area contributed by atoms with Crippen molar-refractivity contribution >= 4 is 5.97 Å². The van der Waals surface area contributed by atoms with E-state index in [-0.39, 0.29) is 11.3 Å². The van der Waals surface area contributed by atoms with Crippen LogP contribution >= 0.6 is 0 Å². The number of rotatable bonds is 5. The van der Waals surface area contributed by atoms with Crippen LogP contribution < -0.4 is 0 Å². The summed E-state index contributed by atoms with van der Waals surface area (Å²) in [6.45, 7) is 1.22. The summed E-state index contributed by atoms with van der Waals surface area (Å²) in [5.74, 6) is -0.869. The zero-order chi connectivity index (χ0) is 14.5. The first-order valence-corrected chi connectivity index (χ1v) is 6.34. The molecule has 104 valence electrons. The summed E-state index contributed by atoms with van der Waals surface area (Å²) >= 11 is 0. The Morgan fingerprint density at radius 2 is 1.80 bits per heavy atom. The first kappa shape index (κ1) is 14.1. The first-order valence-electron chi connectivity index (χ1n) is 6.34. The van der Waals surface area contributed by atoms with Gasteiger partial charge in [-0.25, -0.2) is 4.79 Å². The molecule has 0 saturated heterocycles. The van der Waals surface area contributed by atoms with E-state index in [2.05, 4.69) is 0 Å². The summed E-state index contributed by atoms with van der Waals surface area (Å²) < 4.78 is 0. The third-order valence-electron chi connectivity index (χ3n) is 3.06. The zero-order valence-electron chi connectivity index (χ0n) is 11.3. The number of carboxylic acid groups (broad SMARTS) is 1. The molecule has 0 unspecified atom stereocenters. The van der Waals surface area contributed by atoms with Crippen LogP contribution in [0.15, 0.2) is 48.5 Å². The summed E-state index contributed by atoms with van der Waals surface area (Å²) in [6.07, 6.45) is 0. The largest absolute Gasteiger partial charge is 0.508 e. The fourth-order valence-electron chi connectivity index (χ4n) is 2.09. The quantitative estimate of drug-likeness (QED) is 0.877. The highest BCUT2D eigenvalue weighted by Gasteiger charge is 2.10. The molecule has 0 saturated carbocycles. The third kappa shape index (κ3) is 3.59. The van der Waals surface area contributed by atoms with Crippen molar-refractivity contribution in [2.45, 2.75) is 13.1 Å². The molecule has 2 N–H and O–H groups in total. The Morgan fingerprint density at radius 1 is 1.10 bits per heavy atom. The van der Waals surface area contributed by atoms with Crippen molar-refractivity contribution in [3.63, 3.8) is 0 Å². The number of nitrogens with zero attached hydrogens (tertiary/aromatic N) is 1. The Morgan fingerprint density at radius 3 is 2.45 bits per heavy atom. The van der Waals surface area contributed by atoms with Gasteiger partial charge < -0.3 is 10.2 Å². The lowest BCUT2D eigenvalue weighted by Crippen LogP contribution is -2.17. The van der Waals surface area contributed by atoms with E-state index in [9.17, 15) is 9.90 Å². The summed E-state index contributed by atoms with van der Waals surface area (Å²) in [5, 5.41) is 18.8. The molecule has 0 aliphatic heterocycles. The predicted octanol–water partition coefficient (Wildman–Crippen LogP) is 2.72. The topological polar surface area (TPSA) is 60.8 Å². The van der Waals surface area contributed by atoms with E-state index in [1.807, 2.05) is 42.3 Å². The lowest BCUT2D eigenvalue weighted by molar-refractivity contribution is 0.0696. The smallest absolute Gasteiger partial charge is 0.335 e. The second-order valence-electron chi connectivity index (χ2n) is 4.81. The van der Waals surface area contributed by atoms with Gasteiger partial charge >= 0.3 is 5.97 Å². The molecule has 20 heavy (non-hydrogen) atoms. The second-order valence-corrected chi connectivity index (χ2v) is 4.81. The van der Waals surface area contributed by atoms with Crippen LogP contribution in [0.5, 0.6) is 5.75 Å². The van der Waals surface area contributed by atoms with Crippen LogP contribution in [-0.4, -0.2) is 28.1 Å². The molecule has 0 aliphatic carbocycles. The highest BCUT2D eigenvalue weighted by Crippen LogP contribution is 2.20. The number of hydrogen-bond acceptors (Lipinski definition) is 3. The second kappa shape index (κ2) is 6.21. The standard InChI is InChI=1S/C16H17NO3/c1-17(10-12-5-3-2-4-6-12)11-14-9-13(16(19)20)7-8-15(14)18/h2-9,18H,10-11H2,1H3,(H,19,20). The molecule has 0 amide bonds. The van der Waals surface area contributed by atoms with Crippen molar-refractivity contribution in [1.82, 2.24) is 4.90 Å². The molecule has 4 heteroatoms. The van der Waals surface area contributed by atoms with Gasteiger partial charge in [-0.1, -0.05) is 30.3 Å². The lowest BCUT2D eigenvalue weighted by Gasteiger charge is -2.17. The summed E-state index contributed by atoms with van der Waals surface area (Å²) in [5.41, 5.74) is 1.97. The molecule has 0 aromatic heterocycles. The molecule has 2 rings (SSSR count). The summed E-state index contributed by atoms with van der Waals surface area (Å²) in [4.78, 5) is 13.0. The maximum absolute atomic E-state index is 10.9. The van der Waals surface area contributed by atoms with Crippen LogP contribution in [0.3, 0.4) is 0 Å². The minimum absolute atomic E-state index is 0.120. The maximum atomic E-state index is 10.9. The van der Waals surface area contributed by atoms with E-state index in [0.29, 0.717) is 12.1 Å². The third-order valence-corrected chi connectivity index (χ3v) is 3.06. The molecular weight excluding hydrogens is 254 g/mol. The zero-order valence-corrected chi connectivity index (χ0v) is 11.3. The first-order chi connectivity index (χ1) is 9.56. The fraction of sp³-hybridized carbons (Fsp3) is 0.188. The molecular formula is C16H17NO3. The minimum Gasteiger partial charge on any atom is -0.508 e. The molecule has 0 aliphatic rings. The van der Waals surface area contributed by atoms with E-state index >= 15 is 0 Å². The molecule has 0 radical (unpaired) electrons. The van der Waals surface area contributed by atoms with E-state index < -0.39 is 5.97 Å². The number of phenols is 1. The Hall–Kier alpha value is -2.33. The number of phenolic OH excluding ortho intramolecular Hbond substituents is 1. The Labute approximate surface area is 117 Å². The fourth-order valence-corrected chi connectivity index (χ4v) is 2.09. The number of aromatic carboxylic acids is 1. The molecule has 0 bridgehead atoms. The predicted molar refractivity (Wildman–Crippen MR) is 76.7 cm³/mol. The number of carboxylic acids is 1. The van der Waals surface area contributed by atoms with Crippen LogP contribution in [0.2, 0.25) is 0 Å². The number of aromatic hydroxyl groups is 1. The summed E-state index contributed by atoms with van der Waals surface area (Å²) in [6, 6.07) is 14.3. The lowest BCUT2D eigenvalue weighted by atomic mass is 10.1. The average molecular weight is 271 g/mol. The van der Waals surface area contributed by atoms with Crippen LogP contribution in [0, 0.1) is 0 Å². The Bertz CT molecular complexity index is 596. The monoisotopic (exact) mass is 271 g/mol. The number of hydrogen-bond donors (Lipinski definition) is 2. The molecule has 0 atom stereocenters. The Balaban J connectivity index is 2.09. The van der Waals surface area contributed by atoms with Gasteiger partial charge in [-0.15, -0.1) is 0 Å². The van der Waals surface area contributed by atoms with Crippen LogP contribution in [0.25, 0.3) is 0 Å². The van der Waals surface area contributed by atoms with E-state index in [0.717, 1.165) is 6.54 Å². The van der Waals surface area contributed by atoms with Gasteiger partial charge in [-0.05, 0) is 30.8 Å². The van der Waals surface area contributed by atoms with Crippen molar-refractivity contribution in [1.29, 1.82) is 0 Å². The SMILES string of the molecule is CN(Cc1ccccc1)Cc1cc(C(=O)O)ccc1O. The van der Waals surface area contributed by atoms with Gasteiger partial charge in [0.15, 0.2) is 0 Å². The van der Waals surface area contributed by atoms with Crippen LogP contribution in [0.1, 0.15) is 21.5 Å². The molecule has 2 aromatic rings. The van der Waals surface area contributed by atoms with Crippen molar-refractivity contribution in [2.24, 2.45) is 0 Å². The van der Waals surface area contributed by atoms with Gasteiger partial charge in [-0.2, -0.15) is 0 Å².